The van der Waals surface area contributed by atoms with Gasteiger partial charge in [0, 0.05) is 29.6 Å². The zero-order chi connectivity index (χ0) is 13.4. The lowest BCUT2D eigenvalue weighted by molar-refractivity contribution is -0.142. The number of hydrogen-bond donors (Lipinski definition) is 2. The summed E-state index contributed by atoms with van der Waals surface area (Å²) in [6.45, 7) is 0.235. The minimum Gasteiger partial charge on any atom is -0.468 e. The summed E-state index contributed by atoms with van der Waals surface area (Å²) >= 11 is 0. The Morgan fingerprint density at radius 3 is 2.85 bits per heavy atom. The number of hydrogen-bond acceptors (Lipinski definition) is 5. The molecule has 0 amide bonds. The number of rotatable bonds is 3. The lowest BCUT2D eigenvalue weighted by Gasteiger charge is -2.08. The number of fused-ring (bicyclic) bond motifs is 2. The van der Waals surface area contributed by atoms with Crippen LogP contribution in [0.1, 0.15) is 5.56 Å². The van der Waals surface area contributed by atoms with Gasteiger partial charge in [0.15, 0.2) is 11.5 Å². The molecule has 3 rings (SSSR count). The van der Waals surface area contributed by atoms with Gasteiger partial charge in [-0.1, -0.05) is 0 Å². The molecule has 0 radical (unpaired) electrons. The first-order valence-corrected chi connectivity index (χ1v) is 5.92. The molecule has 6 nitrogen and oxygen atoms in total. The van der Waals surface area contributed by atoms with Crippen LogP contribution in [0.2, 0.25) is 0 Å². The maximum Gasteiger partial charge on any atom is 0.322 e. The van der Waals surface area contributed by atoms with Gasteiger partial charge in [0.05, 0.1) is 7.11 Å². The van der Waals surface area contributed by atoms with E-state index in [-0.39, 0.29) is 19.2 Å². The van der Waals surface area contributed by atoms with E-state index in [2.05, 4.69) is 9.72 Å². The van der Waals surface area contributed by atoms with Gasteiger partial charge in [-0.2, -0.15) is 0 Å². The molecule has 1 aromatic heterocycles. The van der Waals surface area contributed by atoms with E-state index in [0.29, 0.717) is 12.2 Å². The van der Waals surface area contributed by atoms with Gasteiger partial charge in [-0.15, -0.1) is 12.4 Å². The van der Waals surface area contributed by atoms with Gasteiger partial charge in [0.25, 0.3) is 0 Å². The van der Waals surface area contributed by atoms with E-state index in [1.54, 1.807) is 0 Å². The highest BCUT2D eigenvalue weighted by molar-refractivity contribution is 5.88. The highest BCUT2D eigenvalue weighted by Gasteiger charge is 2.19. The van der Waals surface area contributed by atoms with Crippen LogP contribution >= 0.6 is 12.4 Å². The molecular weight excluding hydrogens is 284 g/mol. The number of methoxy groups -OCH3 is 1. The van der Waals surface area contributed by atoms with Crippen molar-refractivity contribution in [1.82, 2.24) is 4.98 Å². The molecule has 1 aliphatic heterocycles. The van der Waals surface area contributed by atoms with E-state index in [1.807, 2.05) is 18.3 Å². The van der Waals surface area contributed by atoms with Crippen molar-refractivity contribution in [3.63, 3.8) is 0 Å². The van der Waals surface area contributed by atoms with Crippen LogP contribution < -0.4 is 15.2 Å². The maximum atomic E-state index is 11.4. The number of aromatic amines is 1. The summed E-state index contributed by atoms with van der Waals surface area (Å²) in [6, 6.07) is 3.10. The van der Waals surface area contributed by atoms with Crippen molar-refractivity contribution in [2.75, 3.05) is 13.9 Å². The van der Waals surface area contributed by atoms with Crippen molar-refractivity contribution in [1.29, 1.82) is 0 Å². The van der Waals surface area contributed by atoms with E-state index < -0.39 is 12.0 Å². The molecule has 20 heavy (non-hydrogen) atoms. The summed E-state index contributed by atoms with van der Waals surface area (Å²) in [5.41, 5.74) is 7.66. The van der Waals surface area contributed by atoms with Crippen LogP contribution in [0.5, 0.6) is 11.5 Å². The lowest BCUT2D eigenvalue weighted by Crippen LogP contribution is -2.33. The smallest absolute Gasteiger partial charge is 0.322 e. The predicted molar refractivity (Wildman–Crippen MR) is 75.4 cm³/mol. The van der Waals surface area contributed by atoms with Crippen molar-refractivity contribution >= 4 is 29.3 Å². The first-order chi connectivity index (χ1) is 9.19. The first-order valence-electron chi connectivity index (χ1n) is 5.92. The number of esters is 1. The van der Waals surface area contributed by atoms with Crippen molar-refractivity contribution in [2.45, 2.75) is 12.5 Å². The number of nitrogens with two attached hydrogens (primary N) is 1. The molecule has 0 spiro atoms. The molecule has 0 bridgehead atoms. The lowest BCUT2D eigenvalue weighted by atomic mass is 10.1. The number of benzene rings is 1. The average molecular weight is 299 g/mol. The van der Waals surface area contributed by atoms with Gasteiger partial charge in [-0.05, 0) is 11.6 Å². The molecule has 3 N–H and O–H groups in total. The minimum atomic E-state index is -0.672. The molecule has 0 fully saturated rings. The number of nitrogens with one attached hydrogen (secondary N) is 1. The quantitative estimate of drug-likeness (QED) is 0.836. The monoisotopic (exact) mass is 298 g/mol. The molecule has 1 unspecified atom stereocenters. The second-order valence-corrected chi connectivity index (χ2v) is 4.40. The van der Waals surface area contributed by atoms with Crippen molar-refractivity contribution in [3.05, 3.63) is 23.9 Å². The molecule has 2 aromatic rings. The normalized spacial score (nSPS) is 13.9. The number of carbonyl (C=O) groups excluding carboxylic acids is 1. The SMILES string of the molecule is COC(=O)C(N)Cc1c[nH]c2cc3c(cc12)OCO3.Cl. The maximum absolute atomic E-state index is 11.4. The third-order valence-corrected chi connectivity index (χ3v) is 3.20. The highest BCUT2D eigenvalue weighted by atomic mass is 35.5. The van der Waals surface area contributed by atoms with E-state index in [9.17, 15) is 4.79 Å². The standard InChI is InChI=1S/C13H14N2O4.ClH/c1-17-13(16)9(14)2-7-5-15-10-4-12-11(3-8(7)10)18-6-19-12;/h3-5,9,15H,2,6,14H2,1H3;1H. The Balaban J connectivity index is 0.00000147. The fourth-order valence-electron chi connectivity index (χ4n) is 2.21. The van der Waals surface area contributed by atoms with Crippen molar-refractivity contribution < 1.29 is 19.0 Å². The van der Waals surface area contributed by atoms with Gasteiger partial charge in [-0.3, -0.25) is 4.79 Å². The Morgan fingerprint density at radius 1 is 1.45 bits per heavy atom. The summed E-state index contributed by atoms with van der Waals surface area (Å²) in [7, 11) is 1.33. The van der Waals surface area contributed by atoms with Gasteiger partial charge in [0.1, 0.15) is 6.04 Å². The number of aromatic nitrogens is 1. The third-order valence-electron chi connectivity index (χ3n) is 3.20. The number of H-pyrrole nitrogens is 1. The molecule has 0 saturated carbocycles. The van der Waals surface area contributed by atoms with Crippen LogP contribution in [-0.4, -0.2) is 30.9 Å². The Labute approximate surface area is 121 Å². The molecule has 1 atom stereocenters. The van der Waals surface area contributed by atoms with Gasteiger partial charge in [-0.25, -0.2) is 0 Å². The Bertz CT molecular complexity index is 641. The average Bonchev–Trinajstić information content (AvgIpc) is 3.02. The summed E-state index contributed by atoms with van der Waals surface area (Å²) in [6.07, 6.45) is 2.24. The Morgan fingerprint density at radius 2 is 2.15 bits per heavy atom. The van der Waals surface area contributed by atoms with Crippen molar-refractivity contribution in [3.8, 4) is 11.5 Å². The zero-order valence-corrected chi connectivity index (χ0v) is 11.7. The molecule has 0 saturated heterocycles. The molecule has 0 aliphatic carbocycles. The van der Waals surface area contributed by atoms with E-state index in [0.717, 1.165) is 22.2 Å². The molecule has 1 aliphatic rings. The van der Waals surface area contributed by atoms with E-state index >= 15 is 0 Å². The summed E-state index contributed by atoms with van der Waals surface area (Å²) in [4.78, 5) is 14.5. The fraction of sp³-hybridized carbons (Fsp3) is 0.308. The van der Waals surface area contributed by atoms with E-state index in [1.165, 1.54) is 7.11 Å². The second kappa shape index (κ2) is 5.60. The van der Waals surface area contributed by atoms with Crippen LogP contribution in [0.3, 0.4) is 0 Å². The summed E-state index contributed by atoms with van der Waals surface area (Å²) in [5.74, 6) is 1.01. The van der Waals surface area contributed by atoms with Crippen LogP contribution in [0.25, 0.3) is 10.9 Å². The highest BCUT2D eigenvalue weighted by Crippen LogP contribution is 2.37. The third kappa shape index (κ3) is 2.39. The van der Waals surface area contributed by atoms with Crippen LogP contribution in [0.4, 0.5) is 0 Å². The first kappa shape index (κ1) is 14.5. The molecular formula is C13H15ClN2O4. The number of halogens is 1. The zero-order valence-electron chi connectivity index (χ0n) is 10.8. The topological polar surface area (TPSA) is 86.6 Å². The van der Waals surface area contributed by atoms with Crippen LogP contribution in [-0.2, 0) is 16.0 Å². The van der Waals surface area contributed by atoms with Gasteiger partial charge < -0.3 is 24.9 Å². The summed E-state index contributed by atoms with van der Waals surface area (Å²) < 4.78 is 15.3. The van der Waals surface area contributed by atoms with Crippen LogP contribution in [0.15, 0.2) is 18.3 Å². The largest absolute Gasteiger partial charge is 0.468 e. The number of carbonyl (C=O) groups is 1. The second-order valence-electron chi connectivity index (χ2n) is 4.40. The molecule has 108 valence electrons. The Hall–Kier alpha value is -1.92. The van der Waals surface area contributed by atoms with Gasteiger partial charge in [0.2, 0.25) is 6.79 Å². The predicted octanol–water partition coefficient (Wildman–Crippen LogP) is 1.36. The van der Waals surface area contributed by atoms with Gasteiger partial charge >= 0.3 is 5.97 Å². The van der Waals surface area contributed by atoms with E-state index in [4.69, 9.17) is 15.2 Å². The molecule has 1 aromatic carbocycles. The fourth-order valence-corrected chi connectivity index (χ4v) is 2.21. The van der Waals surface area contributed by atoms with Crippen molar-refractivity contribution in [2.24, 2.45) is 5.73 Å². The number of ether oxygens (including phenoxy) is 3. The molecule has 2 heterocycles. The molecule has 7 heteroatoms. The summed E-state index contributed by atoms with van der Waals surface area (Å²) in [5, 5.41) is 0.976. The minimum absolute atomic E-state index is 0. The Kier molecular flexibility index (Phi) is 4.06. The van der Waals surface area contributed by atoms with Crippen LogP contribution in [0, 0.1) is 0 Å².